The van der Waals surface area contributed by atoms with Gasteiger partial charge in [0.25, 0.3) is 0 Å². The van der Waals surface area contributed by atoms with E-state index >= 15 is 0 Å². The van der Waals surface area contributed by atoms with Gasteiger partial charge < -0.3 is 9.73 Å². The number of anilines is 1. The number of hydrogen-bond acceptors (Lipinski definition) is 3. The van der Waals surface area contributed by atoms with Gasteiger partial charge in [-0.25, -0.2) is 0 Å². The fraction of sp³-hybridized carbons (Fsp3) is 0.200. The third-order valence-electron chi connectivity index (χ3n) is 3.77. The van der Waals surface area contributed by atoms with Gasteiger partial charge in [0.15, 0.2) is 11.6 Å². The number of aryl methyl sites for hydroxylation is 1. The lowest BCUT2D eigenvalue weighted by atomic mass is 10.1. The molecule has 7 heteroatoms. The Balaban J connectivity index is 1.59. The highest BCUT2D eigenvalue weighted by atomic mass is 19.3. The number of carbonyl (C=O) groups excluding carboxylic acids is 1. The van der Waals surface area contributed by atoms with Crippen molar-refractivity contribution in [1.29, 1.82) is 0 Å². The van der Waals surface area contributed by atoms with Crippen LogP contribution in [0.2, 0.25) is 0 Å². The van der Waals surface area contributed by atoms with E-state index in [4.69, 9.17) is 4.42 Å². The quantitative estimate of drug-likeness (QED) is 0.645. The first-order valence-corrected chi connectivity index (χ1v) is 8.36. The van der Waals surface area contributed by atoms with Crippen LogP contribution in [-0.4, -0.2) is 15.7 Å². The standard InChI is InChI=1S/C20H19F2N3O2/c1-14-4-3-5-15(12-14)6-9-19(26)23-18-10-11-25(24-18)13-16-7-8-17(27-16)20(2,21)22/h3-12H,13H2,1-2H3,(H,23,24,26). The van der Waals surface area contributed by atoms with Crippen LogP contribution in [0, 0.1) is 6.92 Å². The van der Waals surface area contributed by atoms with Crippen molar-refractivity contribution in [2.24, 2.45) is 0 Å². The van der Waals surface area contributed by atoms with Gasteiger partial charge in [-0.05, 0) is 30.7 Å². The van der Waals surface area contributed by atoms with Crippen LogP contribution in [0.4, 0.5) is 14.6 Å². The largest absolute Gasteiger partial charge is 0.458 e. The van der Waals surface area contributed by atoms with Gasteiger partial charge >= 0.3 is 5.92 Å². The number of benzene rings is 1. The Labute approximate surface area is 155 Å². The zero-order valence-electron chi connectivity index (χ0n) is 14.9. The number of carbonyl (C=O) groups is 1. The molecule has 0 radical (unpaired) electrons. The molecule has 0 aliphatic heterocycles. The first-order valence-electron chi connectivity index (χ1n) is 8.36. The molecule has 0 unspecified atom stereocenters. The molecule has 0 atom stereocenters. The third kappa shape index (κ3) is 5.13. The van der Waals surface area contributed by atoms with E-state index in [1.807, 2.05) is 31.2 Å². The average molecular weight is 371 g/mol. The molecule has 0 saturated heterocycles. The van der Waals surface area contributed by atoms with Gasteiger partial charge in [0.05, 0.1) is 6.54 Å². The van der Waals surface area contributed by atoms with Gasteiger partial charge in [-0.3, -0.25) is 9.48 Å². The molecular formula is C20H19F2N3O2. The molecule has 3 rings (SSSR count). The number of halogens is 2. The highest BCUT2D eigenvalue weighted by Gasteiger charge is 2.28. The van der Waals surface area contributed by atoms with Crippen LogP contribution in [0.1, 0.15) is 29.6 Å². The van der Waals surface area contributed by atoms with E-state index in [0.717, 1.165) is 18.1 Å². The Morgan fingerprint density at radius 3 is 2.81 bits per heavy atom. The van der Waals surface area contributed by atoms with E-state index in [2.05, 4.69) is 10.4 Å². The van der Waals surface area contributed by atoms with Gasteiger partial charge in [-0.15, -0.1) is 0 Å². The van der Waals surface area contributed by atoms with Crippen molar-refractivity contribution in [3.63, 3.8) is 0 Å². The lowest BCUT2D eigenvalue weighted by molar-refractivity contribution is -0.111. The molecule has 1 N–H and O–H groups in total. The van der Waals surface area contributed by atoms with Crippen LogP contribution < -0.4 is 5.32 Å². The van der Waals surface area contributed by atoms with Crippen LogP contribution in [0.25, 0.3) is 6.08 Å². The molecule has 1 aromatic carbocycles. The highest BCUT2D eigenvalue weighted by Crippen LogP contribution is 2.28. The maximum absolute atomic E-state index is 13.2. The Morgan fingerprint density at radius 1 is 1.30 bits per heavy atom. The Hall–Kier alpha value is -3.22. The maximum Gasteiger partial charge on any atom is 0.301 e. The fourth-order valence-electron chi connectivity index (χ4n) is 2.49. The molecule has 0 aliphatic carbocycles. The number of nitrogens with zero attached hydrogens (tertiary/aromatic N) is 2. The van der Waals surface area contributed by atoms with E-state index in [-0.39, 0.29) is 18.2 Å². The summed E-state index contributed by atoms with van der Waals surface area (Å²) in [4.78, 5) is 12.0. The number of rotatable bonds is 6. The summed E-state index contributed by atoms with van der Waals surface area (Å²) in [6.45, 7) is 2.94. The molecule has 0 saturated carbocycles. The monoisotopic (exact) mass is 371 g/mol. The summed E-state index contributed by atoms with van der Waals surface area (Å²) in [5.74, 6) is -3.01. The van der Waals surface area contributed by atoms with Crippen molar-refractivity contribution in [2.75, 3.05) is 5.32 Å². The second-order valence-corrected chi connectivity index (χ2v) is 6.29. The summed E-state index contributed by atoms with van der Waals surface area (Å²) in [6, 6.07) is 12.1. The zero-order valence-corrected chi connectivity index (χ0v) is 14.9. The second-order valence-electron chi connectivity index (χ2n) is 6.29. The summed E-state index contributed by atoms with van der Waals surface area (Å²) in [5, 5.41) is 6.84. The molecule has 2 heterocycles. The number of alkyl halides is 2. The lowest BCUT2D eigenvalue weighted by Crippen LogP contribution is -2.09. The second kappa shape index (κ2) is 7.57. The molecule has 0 bridgehead atoms. The molecule has 2 aromatic heterocycles. The van der Waals surface area contributed by atoms with E-state index in [9.17, 15) is 13.6 Å². The van der Waals surface area contributed by atoms with Gasteiger partial charge in [-0.2, -0.15) is 13.9 Å². The summed E-state index contributed by atoms with van der Waals surface area (Å²) in [6.07, 6.45) is 4.77. The van der Waals surface area contributed by atoms with Crippen molar-refractivity contribution in [3.8, 4) is 0 Å². The third-order valence-corrected chi connectivity index (χ3v) is 3.77. The van der Waals surface area contributed by atoms with Crippen LogP contribution >= 0.6 is 0 Å². The zero-order chi connectivity index (χ0) is 19.4. The van der Waals surface area contributed by atoms with Gasteiger partial charge in [0, 0.05) is 25.3 Å². The predicted octanol–water partition coefficient (Wildman–Crippen LogP) is 4.60. The molecule has 140 valence electrons. The van der Waals surface area contributed by atoms with Crippen molar-refractivity contribution in [2.45, 2.75) is 26.3 Å². The SMILES string of the molecule is Cc1cccc(C=CC(=O)Nc2ccn(Cc3ccc(C(C)(F)F)o3)n2)c1. The summed E-state index contributed by atoms with van der Waals surface area (Å²) in [5.41, 5.74) is 2.04. The normalized spacial score (nSPS) is 11.9. The van der Waals surface area contributed by atoms with Crippen molar-refractivity contribution < 1.29 is 18.0 Å². The van der Waals surface area contributed by atoms with Gasteiger partial charge in [-0.1, -0.05) is 29.8 Å². The molecule has 0 spiro atoms. The average Bonchev–Trinajstić information content (AvgIpc) is 3.23. The van der Waals surface area contributed by atoms with E-state index < -0.39 is 5.92 Å². The van der Waals surface area contributed by atoms with Crippen LogP contribution in [0.15, 0.2) is 59.2 Å². The minimum absolute atomic E-state index is 0.186. The topological polar surface area (TPSA) is 60.1 Å². The Kier molecular flexibility index (Phi) is 5.21. The first kappa shape index (κ1) is 18.6. The van der Waals surface area contributed by atoms with Gasteiger partial charge in [0.1, 0.15) is 5.76 Å². The maximum atomic E-state index is 13.2. The Morgan fingerprint density at radius 2 is 2.11 bits per heavy atom. The molecular weight excluding hydrogens is 352 g/mol. The van der Waals surface area contributed by atoms with Crippen molar-refractivity contribution >= 4 is 17.8 Å². The van der Waals surface area contributed by atoms with E-state index in [1.54, 1.807) is 18.3 Å². The summed E-state index contributed by atoms with van der Waals surface area (Å²) in [7, 11) is 0. The number of nitrogens with one attached hydrogen (secondary N) is 1. The highest BCUT2D eigenvalue weighted by molar-refractivity contribution is 6.01. The number of hydrogen-bond donors (Lipinski definition) is 1. The lowest BCUT2D eigenvalue weighted by Gasteiger charge is -2.05. The number of aromatic nitrogens is 2. The molecule has 27 heavy (non-hydrogen) atoms. The first-order chi connectivity index (χ1) is 12.8. The van der Waals surface area contributed by atoms with Crippen molar-refractivity contribution in [3.05, 3.63) is 77.4 Å². The number of furan rings is 1. The summed E-state index contributed by atoms with van der Waals surface area (Å²) < 4.78 is 33.0. The molecule has 1 amide bonds. The molecule has 0 aliphatic rings. The predicted molar refractivity (Wildman–Crippen MR) is 98.4 cm³/mol. The fourth-order valence-corrected chi connectivity index (χ4v) is 2.49. The molecule has 5 nitrogen and oxygen atoms in total. The molecule has 0 fully saturated rings. The van der Waals surface area contributed by atoms with Crippen LogP contribution in [-0.2, 0) is 17.3 Å². The smallest absolute Gasteiger partial charge is 0.301 e. The molecule has 3 aromatic rings. The Bertz CT molecular complexity index is 968. The minimum Gasteiger partial charge on any atom is -0.458 e. The van der Waals surface area contributed by atoms with E-state index in [0.29, 0.717) is 11.6 Å². The summed E-state index contributed by atoms with van der Waals surface area (Å²) >= 11 is 0. The van der Waals surface area contributed by atoms with Gasteiger partial charge in [0.2, 0.25) is 5.91 Å². The van der Waals surface area contributed by atoms with Crippen molar-refractivity contribution in [1.82, 2.24) is 9.78 Å². The minimum atomic E-state index is -3.02. The van der Waals surface area contributed by atoms with Crippen LogP contribution in [0.3, 0.4) is 0 Å². The van der Waals surface area contributed by atoms with E-state index in [1.165, 1.54) is 22.9 Å². The van der Waals surface area contributed by atoms with Crippen LogP contribution in [0.5, 0.6) is 0 Å². The number of amides is 1.